The molecule has 16 heavy (non-hydrogen) atoms. The standard InChI is InChI=1S/C12H22ClN3/c1-3-4-11(5-7-13)9-14-10-12-6-8-16(2)15-12/h6,8,11,14H,3-5,7,9-10H2,1-2H3. The Labute approximate surface area is 103 Å². The van der Waals surface area contributed by atoms with Gasteiger partial charge in [0.05, 0.1) is 5.69 Å². The molecule has 0 aliphatic carbocycles. The van der Waals surface area contributed by atoms with Gasteiger partial charge in [-0.25, -0.2) is 0 Å². The highest BCUT2D eigenvalue weighted by atomic mass is 35.5. The van der Waals surface area contributed by atoms with Crippen LogP contribution in [0.4, 0.5) is 0 Å². The van der Waals surface area contributed by atoms with E-state index in [-0.39, 0.29) is 0 Å². The third-order valence-corrected chi connectivity index (χ3v) is 2.94. The van der Waals surface area contributed by atoms with E-state index in [1.54, 1.807) is 0 Å². The molecule has 1 aromatic heterocycles. The van der Waals surface area contributed by atoms with E-state index in [1.807, 2.05) is 24.0 Å². The molecule has 0 radical (unpaired) electrons. The van der Waals surface area contributed by atoms with Gasteiger partial charge in [-0.05, 0) is 31.4 Å². The van der Waals surface area contributed by atoms with Crippen LogP contribution in [0.2, 0.25) is 0 Å². The van der Waals surface area contributed by atoms with E-state index >= 15 is 0 Å². The molecule has 0 fully saturated rings. The molecule has 1 aromatic rings. The van der Waals surface area contributed by atoms with Gasteiger partial charge in [0.2, 0.25) is 0 Å². The Balaban J connectivity index is 2.21. The molecule has 3 nitrogen and oxygen atoms in total. The van der Waals surface area contributed by atoms with Crippen molar-refractivity contribution in [1.82, 2.24) is 15.1 Å². The van der Waals surface area contributed by atoms with Crippen molar-refractivity contribution in [3.8, 4) is 0 Å². The number of halogens is 1. The maximum atomic E-state index is 5.79. The number of nitrogens with one attached hydrogen (secondary N) is 1. The summed E-state index contributed by atoms with van der Waals surface area (Å²) >= 11 is 5.79. The van der Waals surface area contributed by atoms with Gasteiger partial charge in [-0.15, -0.1) is 11.6 Å². The molecule has 0 spiro atoms. The lowest BCUT2D eigenvalue weighted by molar-refractivity contribution is 0.428. The Hall–Kier alpha value is -0.540. The molecule has 0 aliphatic rings. The molecule has 0 aromatic carbocycles. The maximum absolute atomic E-state index is 5.79. The zero-order valence-electron chi connectivity index (χ0n) is 10.2. The van der Waals surface area contributed by atoms with Gasteiger partial charge in [0.15, 0.2) is 0 Å². The van der Waals surface area contributed by atoms with Crippen molar-refractivity contribution in [2.45, 2.75) is 32.7 Å². The molecular weight excluding hydrogens is 222 g/mol. The van der Waals surface area contributed by atoms with E-state index in [4.69, 9.17) is 11.6 Å². The number of alkyl halides is 1. The SMILES string of the molecule is CCCC(CCCl)CNCc1ccn(C)n1. The normalized spacial score (nSPS) is 12.9. The molecule has 1 heterocycles. The molecule has 1 unspecified atom stereocenters. The monoisotopic (exact) mass is 243 g/mol. The molecule has 0 bridgehead atoms. The topological polar surface area (TPSA) is 29.9 Å². The summed E-state index contributed by atoms with van der Waals surface area (Å²) in [5.41, 5.74) is 1.10. The van der Waals surface area contributed by atoms with Crippen molar-refractivity contribution in [2.75, 3.05) is 12.4 Å². The Bertz CT molecular complexity index is 280. The van der Waals surface area contributed by atoms with Crippen molar-refractivity contribution >= 4 is 11.6 Å². The lowest BCUT2D eigenvalue weighted by Crippen LogP contribution is -2.23. The smallest absolute Gasteiger partial charge is 0.0762 e. The van der Waals surface area contributed by atoms with Gasteiger partial charge in [-0.3, -0.25) is 4.68 Å². The van der Waals surface area contributed by atoms with E-state index < -0.39 is 0 Å². The molecule has 1 N–H and O–H groups in total. The minimum absolute atomic E-state index is 0.700. The summed E-state index contributed by atoms with van der Waals surface area (Å²) < 4.78 is 1.83. The summed E-state index contributed by atoms with van der Waals surface area (Å²) in [5.74, 6) is 1.46. The summed E-state index contributed by atoms with van der Waals surface area (Å²) in [6.07, 6.45) is 5.55. The van der Waals surface area contributed by atoms with E-state index in [9.17, 15) is 0 Å². The largest absolute Gasteiger partial charge is 0.311 e. The number of rotatable bonds is 8. The average molecular weight is 244 g/mol. The fourth-order valence-electron chi connectivity index (χ4n) is 1.87. The molecule has 0 amide bonds. The lowest BCUT2D eigenvalue weighted by Gasteiger charge is -2.14. The first-order valence-electron chi connectivity index (χ1n) is 6.01. The second-order valence-corrected chi connectivity index (χ2v) is 4.62. The first-order chi connectivity index (χ1) is 7.76. The second kappa shape index (κ2) is 7.69. The van der Waals surface area contributed by atoms with E-state index in [2.05, 4.69) is 17.3 Å². The number of hydrogen-bond acceptors (Lipinski definition) is 2. The van der Waals surface area contributed by atoms with Crippen LogP contribution in [0, 0.1) is 5.92 Å². The lowest BCUT2D eigenvalue weighted by atomic mass is 10.0. The Morgan fingerprint density at radius 1 is 1.50 bits per heavy atom. The summed E-state index contributed by atoms with van der Waals surface area (Å²) in [5, 5.41) is 7.78. The molecule has 0 saturated carbocycles. The zero-order chi connectivity index (χ0) is 11.8. The van der Waals surface area contributed by atoms with Crippen LogP contribution in [0.1, 0.15) is 31.9 Å². The number of nitrogens with zero attached hydrogens (tertiary/aromatic N) is 2. The quantitative estimate of drug-likeness (QED) is 0.712. The molecule has 1 atom stereocenters. The van der Waals surface area contributed by atoms with Gasteiger partial charge in [0.25, 0.3) is 0 Å². The van der Waals surface area contributed by atoms with Crippen LogP contribution in [-0.4, -0.2) is 22.2 Å². The molecule has 0 aliphatic heterocycles. The van der Waals surface area contributed by atoms with Crippen LogP contribution in [-0.2, 0) is 13.6 Å². The first kappa shape index (κ1) is 13.5. The minimum atomic E-state index is 0.700. The predicted octanol–water partition coefficient (Wildman–Crippen LogP) is 2.55. The summed E-state index contributed by atoms with van der Waals surface area (Å²) in [7, 11) is 1.94. The second-order valence-electron chi connectivity index (χ2n) is 4.24. The van der Waals surface area contributed by atoms with E-state index in [1.165, 1.54) is 12.8 Å². The van der Waals surface area contributed by atoms with Crippen molar-refractivity contribution in [3.05, 3.63) is 18.0 Å². The average Bonchev–Trinajstić information content (AvgIpc) is 2.65. The van der Waals surface area contributed by atoms with Gasteiger partial charge in [-0.1, -0.05) is 13.3 Å². The van der Waals surface area contributed by atoms with Crippen molar-refractivity contribution in [2.24, 2.45) is 13.0 Å². The van der Waals surface area contributed by atoms with Gasteiger partial charge >= 0.3 is 0 Å². The van der Waals surface area contributed by atoms with Crippen molar-refractivity contribution in [1.29, 1.82) is 0 Å². The van der Waals surface area contributed by atoms with Crippen LogP contribution in [0.15, 0.2) is 12.3 Å². The molecule has 4 heteroatoms. The van der Waals surface area contributed by atoms with Gasteiger partial charge < -0.3 is 5.32 Å². The summed E-state index contributed by atoms with van der Waals surface area (Å²) in [4.78, 5) is 0. The third kappa shape index (κ3) is 4.99. The highest BCUT2D eigenvalue weighted by Crippen LogP contribution is 2.11. The minimum Gasteiger partial charge on any atom is -0.311 e. The van der Waals surface area contributed by atoms with Gasteiger partial charge in [0, 0.05) is 25.7 Å². The zero-order valence-corrected chi connectivity index (χ0v) is 11.0. The predicted molar refractivity (Wildman–Crippen MR) is 68.6 cm³/mol. The molecular formula is C12H22ClN3. The fourth-order valence-corrected chi connectivity index (χ4v) is 2.18. The molecule has 92 valence electrons. The number of aryl methyl sites for hydroxylation is 1. The van der Waals surface area contributed by atoms with Crippen LogP contribution >= 0.6 is 11.6 Å². The van der Waals surface area contributed by atoms with E-state index in [0.717, 1.165) is 31.1 Å². The first-order valence-corrected chi connectivity index (χ1v) is 6.55. The van der Waals surface area contributed by atoms with E-state index in [0.29, 0.717) is 5.92 Å². The van der Waals surface area contributed by atoms with Crippen LogP contribution in [0.5, 0.6) is 0 Å². The third-order valence-electron chi connectivity index (χ3n) is 2.72. The highest BCUT2D eigenvalue weighted by molar-refractivity contribution is 6.17. The number of aromatic nitrogens is 2. The van der Waals surface area contributed by atoms with Gasteiger partial charge in [0.1, 0.15) is 0 Å². The highest BCUT2D eigenvalue weighted by Gasteiger charge is 2.06. The summed E-state index contributed by atoms with van der Waals surface area (Å²) in [6.45, 7) is 4.11. The molecule has 0 saturated heterocycles. The maximum Gasteiger partial charge on any atom is 0.0762 e. The molecule has 1 rings (SSSR count). The Morgan fingerprint density at radius 3 is 2.88 bits per heavy atom. The summed E-state index contributed by atoms with van der Waals surface area (Å²) in [6, 6.07) is 2.05. The van der Waals surface area contributed by atoms with Crippen LogP contribution < -0.4 is 5.32 Å². The Kier molecular flexibility index (Phi) is 6.50. The fraction of sp³-hybridized carbons (Fsp3) is 0.750. The van der Waals surface area contributed by atoms with Crippen molar-refractivity contribution < 1.29 is 0 Å². The number of hydrogen-bond donors (Lipinski definition) is 1. The van der Waals surface area contributed by atoms with Gasteiger partial charge in [-0.2, -0.15) is 5.10 Å². The van der Waals surface area contributed by atoms with Crippen LogP contribution in [0.25, 0.3) is 0 Å². The Morgan fingerprint density at radius 2 is 2.31 bits per heavy atom. The van der Waals surface area contributed by atoms with Crippen molar-refractivity contribution in [3.63, 3.8) is 0 Å². The van der Waals surface area contributed by atoms with Crippen LogP contribution in [0.3, 0.4) is 0 Å².